The minimum absolute atomic E-state index is 0. The first kappa shape index (κ1) is 7.72. The summed E-state index contributed by atoms with van der Waals surface area (Å²) in [5.74, 6) is 0. The van der Waals surface area contributed by atoms with Crippen molar-refractivity contribution in [1.29, 1.82) is 0 Å². The van der Waals surface area contributed by atoms with Crippen molar-refractivity contribution in [2.75, 3.05) is 0 Å². The summed E-state index contributed by atoms with van der Waals surface area (Å²) in [6.07, 6.45) is 1.50. The third-order valence-electron chi connectivity index (χ3n) is 0.425. The van der Waals surface area contributed by atoms with Gasteiger partial charge in [-0.3, -0.25) is 10.2 Å². The molecule has 0 aromatic carbocycles. The SMILES string of the molecule is S=c1nc[nH][nH]1.[Pr]. The zero-order valence-corrected chi connectivity index (χ0v) is 8.03. The molecule has 0 amide bonds. The smallest absolute Gasteiger partial charge is 0.213 e. The van der Waals surface area contributed by atoms with Gasteiger partial charge in [-0.1, -0.05) is 0 Å². The summed E-state index contributed by atoms with van der Waals surface area (Å²) in [6, 6.07) is 0. The molecule has 0 spiro atoms. The molecular weight excluding hydrogens is 239 g/mol. The third-order valence-corrected chi connectivity index (χ3v) is 0.633. The van der Waals surface area contributed by atoms with Crippen LogP contribution in [0.4, 0.5) is 0 Å². The van der Waals surface area contributed by atoms with Gasteiger partial charge in [0.15, 0.2) is 0 Å². The van der Waals surface area contributed by atoms with E-state index in [2.05, 4.69) is 27.4 Å². The summed E-state index contributed by atoms with van der Waals surface area (Å²) in [7, 11) is 0. The van der Waals surface area contributed by atoms with Crippen molar-refractivity contribution in [1.82, 2.24) is 15.2 Å². The molecule has 0 fully saturated rings. The predicted octanol–water partition coefficient (Wildman–Crippen LogP) is 0.467. The molecule has 0 bridgehead atoms. The molecule has 0 unspecified atom stereocenters. The van der Waals surface area contributed by atoms with Gasteiger partial charge in [0, 0.05) is 41.3 Å². The number of nitrogens with one attached hydrogen (secondary N) is 2. The van der Waals surface area contributed by atoms with Gasteiger partial charge in [0.05, 0.1) is 0 Å². The van der Waals surface area contributed by atoms with E-state index in [1.165, 1.54) is 6.33 Å². The van der Waals surface area contributed by atoms with Crippen LogP contribution in [-0.2, 0) is 0 Å². The Morgan fingerprint density at radius 3 is 2.57 bits per heavy atom. The van der Waals surface area contributed by atoms with Crippen molar-refractivity contribution in [3.05, 3.63) is 11.1 Å². The van der Waals surface area contributed by atoms with Crippen LogP contribution in [0.2, 0.25) is 0 Å². The molecule has 0 saturated heterocycles. The van der Waals surface area contributed by atoms with Gasteiger partial charge in [-0.25, -0.2) is 4.98 Å². The van der Waals surface area contributed by atoms with Crippen LogP contribution in [0, 0.1) is 46.1 Å². The van der Waals surface area contributed by atoms with E-state index in [0.29, 0.717) is 4.77 Å². The van der Waals surface area contributed by atoms with Crippen LogP contribution in [-0.4, -0.2) is 15.2 Å². The molecule has 0 aliphatic carbocycles. The number of aromatic amines is 2. The zero-order valence-electron chi connectivity index (χ0n) is 3.51. The minimum atomic E-state index is 0. The minimum Gasteiger partial charge on any atom is -0.288 e. The van der Waals surface area contributed by atoms with Crippen LogP contribution in [0.1, 0.15) is 0 Å². The van der Waals surface area contributed by atoms with Gasteiger partial charge in [0.2, 0.25) is 4.77 Å². The van der Waals surface area contributed by atoms with Gasteiger partial charge in [-0.2, -0.15) is 0 Å². The Bertz CT molecular complexity index is 151. The molecule has 1 rings (SSSR count). The predicted molar refractivity (Wildman–Crippen MR) is 23.8 cm³/mol. The van der Waals surface area contributed by atoms with Crippen molar-refractivity contribution in [3.63, 3.8) is 0 Å². The molecule has 5 heteroatoms. The average Bonchev–Trinajstić information content (AvgIpc) is 1.86. The number of nitrogens with zero attached hydrogens (tertiary/aromatic N) is 1. The van der Waals surface area contributed by atoms with Crippen LogP contribution in [0.3, 0.4) is 0 Å². The Morgan fingerprint density at radius 1 is 1.71 bits per heavy atom. The van der Waals surface area contributed by atoms with Gasteiger partial charge in [-0.05, 0) is 12.2 Å². The average molecular weight is 242 g/mol. The Kier molecular flexibility index (Phi) is 4.07. The first-order valence-electron chi connectivity index (χ1n) is 1.47. The van der Waals surface area contributed by atoms with E-state index < -0.39 is 0 Å². The molecule has 0 saturated carbocycles. The topological polar surface area (TPSA) is 44.5 Å². The molecule has 0 aliphatic heterocycles. The summed E-state index contributed by atoms with van der Waals surface area (Å²) in [4.78, 5) is 3.62. The monoisotopic (exact) mass is 242 g/mol. The normalized spacial score (nSPS) is 7.43. The second-order valence-corrected chi connectivity index (χ2v) is 1.22. The molecule has 1 radical (unpaired) electrons. The number of H-pyrrole nitrogens is 2. The maximum Gasteiger partial charge on any atom is 0.213 e. The van der Waals surface area contributed by atoms with Crippen LogP contribution in [0.25, 0.3) is 0 Å². The van der Waals surface area contributed by atoms with E-state index in [1.807, 2.05) is 0 Å². The molecule has 3 nitrogen and oxygen atoms in total. The first-order chi connectivity index (χ1) is 2.89. The number of hydrogen-bond donors (Lipinski definition) is 2. The summed E-state index contributed by atoms with van der Waals surface area (Å²) >= 11 is 4.55. The zero-order chi connectivity index (χ0) is 4.41. The van der Waals surface area contributed by atoms with Crippen molar-refractivity contribution in [2.45, 2.75) is 0 Å². The molecule has 35 valence electrons. The van der Waals surface area contributed by atoms with Crippen LogP contribution in [0.15, 0.2) is 6.33 Å². The molecule has 1 aromatic heterocycles. The molecule has 2 N–H and O–H groups in total. The molecule has 1 aromatic rings. The maximum absolute atomic E-state index is 4.55. The Morgan fingerprint density at radius 2 is 2.43 bits per heavy atom. The summed E-state index contributed by atoms with van der Waals surface area (Å²) in [5, 5.41) is 5.17. The number of rotatable bonds is 0. The fourth-order valence-electron chi connectivity index (χ4n) is 0.217. The van der Waals surface area contributed by atoms with Gasteiger partial charge in [-0.15, -0.1) is 0 Å². The fourth-order valence-corrected chi connectivity index (χ4v) is 0.329. The van der Waals surface area contributed by atoms with Crippen LogP contribution in [0.5, 0.6) is 0 Å². The van der Waals surface area contributed by atoms with E-state index >= 15 is 0 Å². The van der Waals surface area contributed by atoms with Gasteiger partial charge >= 0.3 is 0 Å². The summed E-state index contributed by atoms with van der Waals surface area (Å²) in [5.41, 5.74) is 0. The fraction of sp³-hybridized carbons (Fsp3) is 0. The maximum atomic E-state index is 4.55. The van der Waals surface area contributed by atoms with Crippen molar-refractivity contribution >= 4 is 12.2 Å². The van der Waals surface area contributed by atoms with Crippen LogP contribution >= 0.6 is 12.2 Å². The van der Waals surface area contributed by atoms with Crippen molar-refractivity contribution < 1.29 is 41.3 Å². The standard InChI is InChI=1S/C2H3N3S.Pr/c6-2-3-1-4-5-2;/h1H,(H2,3,4,5,6);. The van der Waals surface area contributed by atoms with E-state index in [9.17, 15) is 0 Å². The van der Waals surface area contributed by atoms with E-state index in [1.54, 1.807) is 0 Å². The number of aromatic nitrogens is 3. The first-order valence-corrected chi connectivity index (χ1v) is 1.88. The second kappa shape index (κ2) is 3.69. The quantitative estimate of drug-likeness (QED) is 0.649. The van der Waals surface area contributed by atoms with E-state index in [0.717, 1.165) is 0 Å². The molecule has 0 aliphatic rings. The molecule has 7 heavy (non-hydrogen) atoms. The van der Waals surface area contributed by atoms with E-state index in [-0.39, 0.29) is 41.3 Å². The third kappa shape index (κ3) is 2.51. The summed E-state index contributed by atoms with van der Waals surface area (Å²) < 4.78 is 0.495. The Labute approximate surface area is 78.9 Å². The van der Waals surface area contributed by atoms with Gasteiger partial charge in [0.25, 0.3) is 0 Å². The van der Waals surface area contributed by atoms with Crippen molar-refractivity contribution in [3.8, 4) is 0 Å². The largest absolute Gasteiger partial charge is 0.288 e. The molecule has 1 heterocycles. The Balaban J connectivity index is 0.000000360. The van der Waals surface area contributed by atoms with Crippen molar-refractivity contribution in [2.24, 2.45) is 0 Å². The molecule has 0 atom stereocenters. The van der Waals surface area contributed by atoms with Gasteiger partial charge < -0.3 is 0 Å². The van der Waals surface area contributed by atoms with Gasteiger partial charge in [0.1, 0.15) is 6.33 Å². The van der Waals surface area contributed by atoms with E-state index in [4.69, 9.17) is 0 Å². The Hall–Kier alpha value is 0.724. The van der Waals surface area contributed by atoms with Crippen LogP contribution < -0.4 is 0 Å². The summed E-state index contributed by atoms with van der Waals surface area (Å²) in [6.45, 7) is 0. The second-order valence-electron chi connectivity index (χ2n) is 0.833. The number of hydrogen-bond acceptors (Lipinski definition) is 2. The molecular formula is C2H3N3PrS.